The first-order chi connectivity index (χ1) is 12.2. The molecule has 0 aliphatic heterocycles. The van der Waals surface area contributed by atoms with E-state index in [2.05, 4.69) is 5.32 Å². The van der Waals surface area contributed by atoms with E-state index in [1.165, 1.54) is 0 Å². The van der Waals surface area contributed by atoms with E-state index in [-0.39, 0.29) is 35.5 Å². The van der Waals surface area contributed by atoms with E-state index in [9.17, 15) is 14.7 Å². The number of carboxylic acids is 1. The van der Waals surface area contributed by atoms with Gasteiger partial charge in [-0.15, -0.1) is 0 Å². The number of aliphatic carboxylic acids is 1. The maximum Gasteiger partial charge on any atom is 1.00 e. The van der Waals surface area contributed by atoms with Gasteiger partial charge < -0.3 is 20.0 Å². The van der Waals surface area contributed by atoms with Crippen LogP contribution >= 0.6 is 34.8 Å². The fourth-order valence-corrected chi connectivity index (χ4v) is 2.26. The fraction of sp³-hybridized carbons (Fsp3) is 0.222. The van der Waals surface area contributed by atoms with Crippen LogP contribution in [0.5, 0.6) is 5.75 Å². The molecule has 5 nitrogen and oxygen atoms in total. The Morgan fingerprint density at radius 2 is 1.74 bits per heavy atom. The number of carbonyl (C=O) groups is 2. The van der Waals surface area contributed by atoms with Gasteiger partial charge in [-0.05, 0) is 48.9 Å². The average molecular weight is 441 g/mol. The molecule has 1 amide bonds. The molecule has 0 saturated carbocycles. The molecule has 2 aromatic rings. The third-order valence-electron chi connectivity index (χ3n) is 3.01. The zero-order chi connectivity index (χ0) is 19.7. The second-order valence-electron chi connectivity index (χ2n) is 5.10. The number of rotatable bonds is 5. The smallest absolute Gasteiger partial charge is 0.546 e. The molecule has 0 unspecified atom stereocenters. The van der Waals surface area contributed by atoms with Crippen molar-refractivity contribution in [3.63, 3.8) is 0 Å². The van der Waals surface area contributed by atoms with Crippen molar-refractivity contribution in [1.29, 1.82) is 0 Å². The molecule has 0 aliphatic carbocycles. The summed E-state index contributed by atoms with van der Waals surface area (Å²) in [5, 5.41) is 14.3. The summed E-state index contributed by atoms with van der Waals surface area (Å²) in [6.07, 6.45) is 0.445. The van der Waals surface area contributed by atoms with Crippen LogP contribution in [-0.2, 0) is 9.59 Å². The summed E-state index contributed by atoms with van der Waals surface area (Å²) in [6, 6.07) is 9.94. The Labute approximate surface area is 195 Å². The van der Waals surface area contributed by atoms with Crippen LogP contribution in [0.2, 0.25) is 15.1 Å². The molecule has 0 fully saturated rings. The normalized spacial score (nSPS) is 9.37. The summed E-state index contributed by atoms with van der Waals surface area (Å²) in [7, 11) is 0. The van der Waals surface area contributed by atoms with Gasteiger partial charge in [0.05, 0.1) is 16.0 Å². The van der Waals surface area contributed by atoms with Crippen LogP contribution < -0.4 is 44.7 Å². The Bertz CT molecular complexity index is 787. The van der Waals surface area contributed by atoms with Gasteiger partial charge >= 0.3 is 29.6 Å². The molecule has 0 bridgehead atoms. The largest absolute Gasteiger partial charge is 1.00 e. The molecule has 1 N–H and O–H groups in total. The Balaban J connectivity index is 0.000000483. The van der Waals surface area contributed by atoms with Gasteiger partial charge in [-0.25, -0.2) is 0 Å². The number of hydrogen-bond donors (Lipinski definition) is 1. The number of hydrogen-bond acceptors (Lipinski definition) is 4. The molecule has 140 valence electrons. The Kier molecular flexibility index (Phi) is 12.8. The molecule has 0 aromatic heterocycles. The number of carbonyl (C=O) groups excluding carboxylic acids is 2. The molecule has 0 heterocycles. The van der Waals surface area contributed by atoms with Crippen LogP contribution in [0.1, 0.15) is 18.9 Å². The molecule has 0 atom stereocenters. The fourth-order valence-electron chi connectivity index (χ4n) is 1.73. The molecule has 2 aromatic carbocycles. The van der Waals surface area contributed by atoms with E-state index in [0.29, 0.717) is 32.9 Å². The van der Waals surface area contributed by atoms with Crippen molar-refractivity contribution in [2.24, 2.45) is 0 Å². The van der Waals surface area contributed by atoms with Crippen molar-refractivity contribution in [2.75, 3.05) is 11.9 Å². The van der Waals surface area contributed by atoms with Gasteiger partial charge in [-0.2, -0.15) is 0 Å². The Morgan fingerprint density at radius 3 is 2.26 bits per heavy atom. The van der Waals surface area contributed by atoms with Crippen LogP contribution in [-0.4, -0.2) is 18.5 Å². The summed E-state index contributed by atoms with van der Waals surface area (Å²) in [6.45, 7) is 3.13. The van der Waals surface area contributed by atoms with Gasteiger partial charge in [0.15, 0.2) is 0 Å². The molecule has 27 heavy (non-hydrogen) atoms. The monoisotopic (exact) mass is 439 g/mol. The van der Waals surface area contributed by atoms with Gasteiger partial charge in [-0.3, -0.25) is 4.79 Å². The van der Waals surface area contributed by atoms with Crippen molar-refractivity contribution in [2.45, 2.75) is 20.3 Å². The van der Waals surface area contributed by atoms with E-state index in [1.54, 1.807) is 50.2 Å². The van der Waals surface area contributed by atoms with Gasteiger partial charge in [-0.1, -0.05) is 41.7 Å². The SMILES string of the molecule is CCC(=O)Nc1ccc(Cl)c(Cl)c1.Cc1cc(Cl)ccc1OCC(=O)[O-].[Na+]. The zero-order valence-electron chi connectivity index (χ0n) is 15.1. The maximum absolute atomic E-state index is 11.0. The minimum atomic E-state index is -1.24. The molecule has 0 aliphatic rings. The van der Waals surface area contributed by atoms with Crippen LogP contribution in [0.4, 0.5) is 5.69 Å². The summed E-state index contributed by atoms with van der Waals surface area (Å²) < 4.78 is 4.93. The number of benzene rings is 2. The molecule has 0 saturated heterocycles. The first kappa shape index (κ1) is 26.1. The predicted octanol–water partition coefficient (Wildman–Crippen LogP) is 1.12. The average Bonchev–Trinajstić information content (AvgIpc) is 2.57. The Morgan fingerprint density at radius 1 is 1.07 bits per heavy atom. The van der Waals surface area contributed by atoms with E-state index in [1.807, 2.05) is 0 Å². The van der Waals surface area contributed by atoms with Crippen LogP contribution in [0, 0.1) is 6.92 Å². The third kappa shape index (κ3) is 10.2. The van der Waals surface area contributed by atoms with Crippen LogP contribution in [0.25, 0.3) is 0 Å². The second-order valence-corrected chi connectivity index (χ2v) is 6.35. The number of amides is 1. The molecule has 0 radical (unpaired) electrons. The van der Waals surface area contributed by atoms with Crippen molar-refractivity contribution in [1.82, 2.24) is 0 Å². The minimum Gasteiger partial charge on any atom is -0.546 e. The maximum atomic E-state index is 11.0. The summed E-state index contributed by atoms with van der Waals surface area (Å²) in [5.74, 6) is -0.777. The van der Waals surface area contributed by atoms with Crippen molar-refractivity contribution in [3.05, 3.63) is 57.0 Å². The topological polar surface area (TPSA) is 78.5 Å². The van der Waals surface area contributed by atoms with E-state index in [4.69, 9.17) is 39.5 Å². The summed E-state index contributed by atoms with van der Waals surface area (Å²) >= 11 is 17.2. The number of halogens is 3. The molecular weight excluding hydrogens is 424 g/mol. The minimum absolute atomic E-state index is 0. The van der Waals surface area contributed by atoms with Crippen molar-refractivity contribution < 1.29 is 49.0 Å². The molecule has 9 heteroatoms. The summed E-state index contributed by atoms with van der Waals surface area (Å²) in [5.41, 5.74) is 1.47. The first-order valence-corrected chi connectivity index (χ1v) is 8.70. The summed E-state index contributed by atoms with van der Waals surface area (Å²) in [4.78, 5) is 21.1. The van der Waals surface area contributed by atoms with Gasteiger partial charge in [0.2, 0.25) is 5.91 Å². The molecule has 0 spiro atoms. The number of carboxylic acid groups (broad SMARTS) is 1. The van der Waals surface area contributed by atoms with Gasteiger partial charge in [0.1, 0.15) is 12.4 Å². The quantitative estimate of drug-likeness (QED) is 0.707. The van der Waals surface area contributed by atoms with E-state index in [0.717, 1.165) is 5.56 Å². The second kappa shape index (κ2) is 13.3. The standard InChI is InChI=1S/C9H9Cl2NO.C9H9ClO3.Na/c1-2-9(13)12-6-3-4-7(10)8(11)5-6;1-6-4-7(10)2-3-8(6)13-5-9(11)12;/h3-5H,2H2,1H3,(H,12,13);2-4H,5H2,1H3,(H,11,12);/q;;+1/p-1. The number of aryl methyl sites for hydroxylation is 1. The van der Waals surface area contributed by atoms with Crippen LogP contribution in [0.3, 0.4) is 0 Å². The van der Waals surface area contributed by atoms with Gasteiger partial charge in [0.25, 0.3) is 0 Å². The zero-order valence-corrected chi connectivity index (χ0v) is 19.4. The van der Waals surface area contributed by atoms with Gasteiger partial charge in [0, 0.05) is 17.1 Å². The predicted molar refractivity (Wildman–Crippen MR) is 102 cm³/mol. The third-order valence-corrected chi connectivity index (χ3v) is 3.98. The van der Waals surface area contributed by atoms with Crippen molar-refractivity contribution >= 4 is 52.4 Å². The molecule has 2 rings (SSSR count). The molecular formula is C18H17Cl3NNaO4. The Hall–Kier alpha value is -0.950. The number of nitrogens with one attached hydrogen (secondary N) is 1. The van der Waals surface area contributed by atoms with E-state index < -0.39 is 12.6 Å². The first-order valence-electron chi connectivity index (χ1n) is 7.56. The van der Waals surface area contributed by atoms with Crippen molar-refractivity contribution in [3.8, 4) is 5.75 Å². The van der Waals surface area contributed by atoms with Crippen LogP contribution in [0.15, 0.2) is 36.4 Å². The van der Waals surface area contributed by atoms with E-state index >= 15 is 0 Å². The number of anilines is 1. The number of ether oxygens (including phenoxy) is 1.